The van der Waals surface area contributed by atoms with Gasteiger partial charge in [-0.15, -0.1) is 0 Å². The number of rotatable bonds is 5. The predicted octanol–water partition coefficient (Wildman–Crippen LogP) is -0.530. The molecule has 2 rings (SSSR count). The average Bonchev–Trinajstić information content (AvgIpc) is 2.51. The molecule has 0 radical (unpaired) electrons. The molecule has 2 aliphatic heterocycles. The highest BCUT2D eigenvalue weighted by Crippen LogP contribution is 2.39. The van der Waals surface area contributed by atoms with Gasteiger partial charge in [0.15, 0.2) is 0 Å². The molecule has 1 unspecified atom stereocenters. The van der Waals surface area contributed by atoms with E-state index in [1.54, 1.807) is 7.11 Å². The van der Waals surface area contributed by atoms with Gasteiger partial charge in [0.25, 0.3) is 0 Å². The standard InChI is InChI=1S/C11H20N2O3/c1-13(3-4-15-2)6-9-11(7-12-8-11)5-10(14)16-9/h9,12H,3-8H2,1-2H3. The molecule has 0 bridgehead atoms. The number of nitrogens with one attached hydrogen (secondary N) is 1. The summed E-state index contributed by atoms with van der Waals surface area (Å²) in [6.07, 6.45) is 0.617. The summed E-state index contributed by atoms with van der Waals surface area (Å²) in [5.41, 5.74) is 0.0679. The Hall–Kier alpha value is -0.650. The van der Waals surface area contributed by atoms with Crippen LogP contribution in [0.3, 0.4) is 0 Å². The molecule has 2 fully saturated rings. The first kappa shape index (κ1) is 11.8. The van der Waals surface area contributed by atoms with Gasteiger partial charge in [0, 0.05) is 38.7 Å². The van der Waals surface area contributed by atoms with Crippen LogP contribution in [0, 0.1) is 5.41 Å². The number of carbonyl (C=O) groups excluding carboxylic acids is 1. The van der Waals surface area contributed by atoms with Crippen LogP contribution in [0.5, 0.6) is 0 Å². The Balaban J connectivity index is 1.86. The Bertz CT molecular complexity index is 266. The lowest BCUT2D eigenvalue weighted by Gasteiger charge is -2.42. The summed E-state index contributed by atoms with van der Waals surface area (Å²) in [5, 5.41) is 3.24. The molecule has 1 spiro atoms. The second kappa shape index (κ2) is 4.69. The molecule has 0 aromatic carbocycles. The van der Waals surface area contributed by atoms with Crippen molar-refractivity contribution in [3.63, 3.8) is 0 Å². The molecular formula is C11H20N2O3. The first-order valence-corrected chi connectivity index (χ1v) is 5.74. The summed E-state index contributed by atoms with van der Waals surface area (Å²) in [6, 6.07) is 0. The van der Waals surface area contributed by atoms with Crippen LogP contribution < -0.4 is 5.32 Å². The van der Waals surface area contributed by atoms with Crippen LogP contribution in [0.25, 0.3) is 0 Å². The SMILES string of the molecule is COCCN(C)CC1OC(=O)CC12CNC2. The molecule has 0 saturated carbocycles. The Morgan fingerprint density at radius 1 is 1.62 bits per heavy atom. The van der Waals surface area contributed by atoms with E-state index >= 15 is 0 Å². The van der Waals surface area contributed by atoms with Crippen LogP contribution >= 0.6 is 0 Å². The predicted molar refractivity (Wildman–Crippen MR) is 59.2 cm³/mol. The number of cyclic esters (lactones) is 1. The fourth-order valence-electron chi connectivity index (χ4n) is 2.38. The molecule has 5 nitrogen and oxygen atoms in total. The van der Waals surface area contributed by atoms with E-state index in [-0.39, 0.29) is 17.5 Å². The number of hydrogen-bond donors (Lipinski definition) is 1. The van der Waals surface area contributed by atoms with E-state index in [1.165, 1.54) is 0 Å². The maximum Gasteiger partial charge on any atom is 0.306 e. The van der Waals surface area contributed by atoms with Crippen molar-refractivity contribution in [2.75, 3.05) is 46.9 Å². The van der Waals surface area contributed by atoms with Crippen molar-refractivity contribution in [1.82, 2.24) is 10.2 Å². The minimum Gasteiger partial charge on any atom is -0.460 e. The Kier molecular flexibility index (Phi) is 3.47. The van der Waals surface area contributed by atoms with Crippen molar-refractivity contribution in [2.24, 2.45) is 5.41 Å². The highest BCUT2D eigenvalue weighted by atomic mass is 16.6. The molecular weight excluding hydrogens is 208 g/mol. The van der Waals surface area contributed by atoms with Crippen LogP contribution in [0.2, 0.25) is 0 Å². The summed E-state index contributed by atoms with van der Waals surface area (Å²) in [4.78, 5) is 13.5. The van der Waals surface area contributed by atoms with E-state index in [4.69, 9.17) is 9.47 Å². The third-order valence-electron chi connectivity index (χ3n) is 3.56. The lowest BCUT2D eigenvalue weighted by molar-refractivity contribution is -0.142. The van der Waals surface area contributed by atoms with Crippen molar-refractivity contribution < 1.29 is 14.3 Å². The molecule has 16 heavy (non-hydrogen) atoms. The van der Waals surface area contributed by atoms with Gasteiger partial charge in [-0.2, -0.15) is 0 Å². The van der Waals surface area contributed by atoms with Crippen molar-refractivity contribution in [3.05, 3.63) is 0 Å². The molecule has 0 aliphatic carbocycles. The number of carbonyl (C=O) groups is 1. The summed E-state index contributed by atoms with van der Waals surface area (Å²) in [6.45, 7) is 4.19. The van der Waals surface area contributed by atoms with Gasteiger partial charge < -0.3 is 19.7 Å². The van der Waals surface area contributed by atoms with E-state index in [1.807, 2.05) is 7.05 Å². The zero-order valence-electron chi connectivity index (χ0n) is 9.99. The van der Waals surface area contributed by atoms with Crippen LogP contribution in [-0.2, 0) is 14.3 Å². The monoisotopic (exact) mass is 228 g/mol. The smallest absolute Gasteiger partial charge is 0.306 e. The summed E-state index contributed by atoms with van der Waals surface area (Å²) < 4.78 is 10.4. The zero-order valence-corrected chi connectivity index (χ0v) is 9.99. The van der Waals surface area contributed by atoms with Gasteiger partial charge in [0.1, 0.15) is 6.10 Å². The average molecular weight is 228 g/mol. The largest absolute Gasteiger partial charge is 0.460 e. The van der Waals surface area contributed by atoms with Crippen molar-refractivity contribution in [2.45, 2.75) is 12.5 Å². The molecule has 0 aromatic heterocycles. The van der Waals surface area contributed by atoms with Crippen LogP contribution in [0.4, 0.5) is 0 Å². The summed E-state index contributed by atoms with van der Waals surface area (Å²) in [5.74, 6) is -0.0494. The molecule has 5 heteroatoms. The topological polar surface area (TPSA) is 50.8 Å². The van der Waals surface area contributed by atoms with Crippen molar-refractivity contribution in [1.29, 1.82) is 0 Å². The van der Waals surface area contributed by atoms with E-state index in [0.29, 0.717) is 13.0 Å². The second-order valence-electron chi connectivity index (χ2n) is 4.88. The van der Waals surface area contributed by atoms with E-state index in [2.05, 4.69) is 10.2 Å². The summed E-state index contributed by atoms with van der Waals surface area (Å²) >= 11 is 0. The van der Waals surface area contributed by atoms with E-state index in [9.17, 15) is 4.79 Å². The maximum absolute atomic E-state index is 11.4. The number of methoxy groups -OCH3 is 1. The number of ether oxygens (including phenoxy) is 2. The van der Waals surface area contributed by atoms with Crippen molar-refractivity contribution >= 4 is 5.97 Å². The third kappa shape index (κ3) is 2.21. The highest BCUT2D eigenvalue weighted by molar-refractivity contribution is 5.73. The maximum atomic E-state index is 11.4. The summed E-state index contributed by atoms with van der Waals surface area (Å²) in [7, 11) is 3.73. The lowest BCUT2D eigenvalue weighted by atomic mass is 9.75. The number of likely N-dealkylation sites (N-methyl/N-ethyl adjacent to an activating group) is 1. The molecule has 1 N–H and O–H groups in total. The number of esters is 1. The Morgan fingerprint density at radius 2 is 2.38 bits per heavy atom. The van der Waals surface area contributed by atoms with Gasteiger partial charge in [0.05, 0.1) is 13.0 Å². The van der Waals surface area contributed by atoms with Gasteiger partial charge in [-0.3, -0.25) is 4.79 Å². The van der Waals surface area contributed by atoms with Crippen LogP contribution in [0.1, 0.15) is 6.42 Å². The highest BCUT2D eigenvalue weighted by Gasteiger charge is 2.53. The first-order valence-electron chi connectivity index (χ1n) is 5.74. The fourth-order valence-corrected chi connectivity index (χ4v) is 2.38. The minimum atomic E-state index is -0.0494. The number of hydrogen-bond acceptors (Lipinski definition) is 5. The van der Waals surface area contributed by atoms with E-state index < -0.39 is 0 Å². The molecule has 0 amide bonds. The lowest BCUT2D eigenvalue weighted by Crippen LogP contribution is -2.59. The van der Waals surface area contributed by atoms with Gasteiger partial charge in [0.2, 0.25) is 0 Å². The van der Waals surface area contributed by atoms with Gasteiger partial charge in [-0.05, 0) is 7.05 Å². The zero-order chi connectivity index (χ0) is 11.6. The van der Waals surface area contributed by atoms with Gasteiger partial charge in [-0.25, -0.2) is 0 Å². The van der Waals surface area contributed by atoms with Crippen LogP contribution in [0.15, 0.2) is 0 Å². The number of nitrogens with zero attached hydrogens (tertiary/aromatic N) is 1. The second-order valence-corrected chi connectivity index (χ2v) is 4.88. The molecule has 2 aliphatic rings. The Morgan fingerprint density at radius 3 is 2.94 bits per heavy atom. The van der Waals surface area contributed by atoms with Crippen molar-refractivity contribution in [3.8, 4) is 0 Å². The van der Waals surface area contributed by atoms with Gasteiger partial charge in [-0.1, -0.05) is 0 Å². The minimum absolute atomic E-state index is 0.0445. The van der Waals surface area contributed by atoms with Crippen LogP contribution in [-0.4, -0.2) is 63.9 Å². The molecule has 0 aromatic rings. The third-order valence-corrected chi connectivity index (χ3v) is 3.56. The quantitative estimate of drug-likeness (QED) is 0.641. The molecule has 1 atom stereocenters. The normalized spacial score (nSPS) is 27.2. The fraction of sp³-hybridized carbons (Fsp3) is 0.909. The van der Waals surface area contributed by atoms with E-state index in [0.717, 1.165) is 26.2 Å². The first-order chi connectivity index (χ1) is 7.66. The Labute approximate surface area is 96.1 Å². The molecule has 92 valence electrons. The molecule has 2 heterocycles. The van der Waals surface area contributed by atoms with Gasteiger partial charge >= 0.3 is 5.97 Å². The molecule has 2 saturated heterocycles.